The zero-order valence-corrected chi connectivity index (χ0v) is 23.5. The first-order chi connectivity index (χ1) is 17.8. The summed E-state index contributed by atoms with van der Waals surface area (Å²) >= 11 is 0. The summed E-state index contributed by atoms with van der Waals surface area (Å²) in [6.07, 6.45) is 15.0. The number of hydrogen-bond acceptors (Lipinski definition) is 2. The maximum absolute atomic E-state index is 4.65. The molecule has 4 bridgehead atoms. The summed E-state index contributed by atoms with van der Waals surface area (Å²) in [7, 11) is 0. The largest absolute Gasteiger partial charge is 0.305 e. The van der Waals surface area contributed by atoms with E-state index in [1.54, 1.807) is 16.7 Å². The Morgan fingerprint density at radius 1 is 0.579 bits per heavy atom. The molecule has 10 rings (SSSR count). The minimum atomic E-state index is 0. The van der Waals surface area contributed by atoms with E-state index in [-0.39, 0.29) is 27.5 Å². The van der Waals surface area contributed by atoms with E-state index >= 15 is 0 Å². The monoisotopic (exact) mass is 677 g/mol. The second-order valence-corrected chi connectivity index (χ2v) is 11.0. The molecule has 2 aromatic carbocycles. The predicted molar refractivity (Wildman–Crippen MR) is 152 cm³/mol. The second kappa shape index (κ2) is 11.6. The first-order valence-electron chi connectivity index (χ1n) is 13.8. The van der Waals surface area contributed by atoms with Crippen LogP contribution in [-0.2, 0) is 20.1 Å². The van der Waals surface area contributed by atoms with Crippen molar-refractivity contribution in [1.82, 2.24) is 9.97 Å². The van der Waals surface area contributed by atoms with Crippen molar-refractivity contribution in [2.45, 2.75) is 82.5 Å². The Morgan fingerprint density at radius 2 is 1.21 bits per heavy atom. The molecule has 1 radical (unpaired) electrons. The molecule has 2 saturated carbocycles. The van der Waals surface area contributed by atoms with Gasteiger partial charge in [-0.05, 0) is 84.9 Å². The van der Waals surface area contributed by atoms with Crippen molar-refractivity contribution in [1.29, 1.82) is 0 Å². The van der Waals surface area contributed by atoms with Crippen LogP contribution in [0.3, 0.4) is 0 Å². The normalized spacial score (nSPS) is 23.6. The number of rotatable bonds is 2. The van der Waals surface area contributed by atoms with Gasteiger partial charge in [0.1, 0.15) is 0 Å². The zero-order chi connectivity index (χ0) is 23.9. The van der Waals surface area contributed by atoms with Gasteiger partial charge in [-0.1, -0.05) is 44.4 Å². The molecule has 2 heterocycles. The standard InChI is InChI=1S/2C17H16N.CH4.Ir/c1-2-10-18-17(3-1)14-8-9-15-12-4-6-13(7-5-12)16(15)11-14;1-2-4-14(5-3-1)17-10-15-12-6-8-13(9-7-12)16(15)11-18-17;;/h1-3,9-13H,4-7H2;1-4,10-13H,6-9H2;1H4;/q2*-1;;. The molecule has 0 aliphatic heterocycles. The maximum atomic E-state index is 4.65. The number of fused-ring (bicyclic) bond motifs is 4. The number of aromatic nitrogens is 2. The quantitative estimate of drug-likeness (QED) is 0.198. The molecule has 0 amide bonds. The van der Waals surface area contributed by atoms with Gasteiger partial charge in [-0.2, -0.15) is 0 Å². The molecule has 2 aromatic heterocycles. The van der Waals surface area contributed by atoms with Gasteiger partial charge in [0.25, 0.3) is 0 Å². The van der Waals surface area contributed by atoms with Gasteiger partial charge in [-0.25, -0.2) is 0 Å². The molecule has 197 valence electrons. The minimum absolute atomic E-state index is 0. The van der Waals surface area contributed by atoms with Crippen LogP contribution in [-0.4, -0.2) is 9.97 Å². The Hall–Kier alpha value is -2.61. The molecule has 2 nitrogen and oxygen atoms in total. The molecule has 4 aromatic rings. The summed E-state index contributed by atoms with van der Waals surface area (Å²) < 4.78 is 0. The van der Waals surface area contributed by atoms with Crippen LogP contribution in [0.2, 0.25) is 0 Å². The van der Waals surface area contributed by atoms with Gasteiger partial charge < -0.3 is 9.97 Å². The first-order valence-corrected chi connectivity index (χ1v) is 13.8. The van der Waals surface area contributed by atoms with E-state index in [1.165, 1.54) is 56.9 Å². The third-order valence-electron chi connectivity index (χ3n) is 9.12. The van der Waals surface area contributed by atoms with Crippen molar-refractivity contribution in [3.8, 4) is 22.5 Å². The Labute approximate surface area is 241 Å². The van der Waals surface area contributed by atoms with Crippen LogP contribution in [0.1, 0.15) is 105 Å². The fourth-order valence-corrected chi connectivity index (χ4v) is 7.20. The fourth-order valence-electron chi connectivity index (χ4n) is 7.20. The Morgan fingerprint density at radius 3 is 1.84 bits per heavy atom. The fraction of sp³-hybridized carbons (Fsp3) is 0.371. The van der Waals surface area contributed by atoms with Crippen LogP contribution in [0.15, 0.2) is 73.1 Å². The smallest absolute Gasteiger partial charge is 0.0198 e. The van der Waals surface area contributed by atoms with E-state index in [9.17, 15) is 0 Å². The van der Waals surface area contributed by atoms with Crippen LogP contribution >= 0.6 is 0 Å². The minimum Gasteiger partial charge on any atom is -0.305 e. The SMILES string of the molecule is C.[Ir].[c-]1cc2c(cc1-c1ccccn1)C1CCC2CC1.[c-]1ccccc1-c1cc2c(cn1)C1CCC2CC1. The number of hydrogen-bond donors (Lipinski definition) is 0. The van der Waals surface area contributed by atoms with E-state index in [2.05, 4.69) is 64.7 Å². The predicted octanol–water partition coefficient (Wildman–Crippen LogP) is 9.24. The summed E-state index contributed by atoms with van der Waals surface area (Å²) in [4.78, 5) is 9.08. The van der Waals surface area contributed by atoms with Crippen molar-refractivity contribution in [2.24, 2.45) is 0 Å². The average molecular weight is 677 g/mol. The Bertz CT molecular complexity index is 1240. The van der Waals surface area contributed by atoms with Crippen molar-refractivity contribution in [3.63, 3.8) is 0 Å². The first kappa shape index (κ1) is 27.0. The van der Waals surface area contributed by atoms with Gasteiger partial charge in [0.15, 0.2) is 0 Å². The van der Waals surface area contributed by atoms with E-state index in [0.717, 1.165) is 46.2 Å². The van der Waals surface area contributed by atoms with Crippen molar-refractivity contribution >= 4 is 0 Å². The molecule has 6 aliphatic carbocycles. The molecule has 0 spiro atoms. The molecule has 3 heteroatoms. The molecule has 38 heavy (non-hydrogen) atoms. The van der Waals surface area contributed by atoms with E-state index in [0.29, 0.717) is 0 Å². The third kappa shape index (κ3) is 5.04. The van der Waals surface area contributed by atoms with E-state index in [4.69, 9.17) is 0 Å². The van der Waals surface area contributed by atoms with Crippen molar-refractivity contribution in [3.05, 3.63) is 107 Å². The van der Waals surface area contributed by atoms with Crippen molar-refractivity contribution in [2.75, 3.05) is 0 Å². The molecular formula is C35H36IrN2-2. The van der Waals surface area contributed by atoms with Crippen LogP contribution in [0.25, 0.3) is 22.5 Å². The van der Waals surface area contributed by atoms with Crippen LogP contribution < -0.4 is 0 Å². The zero-order valence-electron chi connectivity index (χ0n) is 21.1. The summed E-state index contributed by atoms with van der Waals surface area (Å²) in [5.41, 5.74) is 10.6. The second-order valence-electron chi connectivity index (χ2n) is 11.0. The third-order valence-corrected chi connectivity index (χ3v) is 9.12. The topological polar surface area (TPSA) is 25.8 Å². The van der Waals surface area contributed by atoms with Crippen LogP contribution in [0.4, 0.5) is 0 Å². The van der Waals surface area contributed by atoms with Gasteiger partial charge in [0, 0.05) is 32.5 Å². The number of pyridine rings is 2. The van der Waals surface area contributed by atoms with Gasteiger partial charge in [0.2, 0.25) is 0 Å². The maximum Gasteiger partial charge on any atom is 0.0198 e. The summed E-state index contributed by atoms with van der Waals surface area (Å²) in [6, 6.07) is 27.8. The molecule has 6 aliphatic rings. The Balaban J connectivity index is 0.000000147. The van der Waals surface area contributed by atoms with Gasteiger partial charge in [-0.15, -0.1) is 70.8 Å². The molecule has 0 atom stereocenters. The summed E-state index contributed by atoms with van der Waals surface area (Å²) in [5.74, 6) is 3.17. The average Bonchev–Trinajstić information content (AvgIpc) is 2.99. The summed E-state index contributed by atoms with van der Waals surface area (Å²) in [5, 5.41) is 0. The molecular weight excluding hydrogens is 641 g/mol. The van der Waals surface area contributed by atoms with Crippen LogP contribution in [0, 0.1) is 12.1 Å². The van der Waals surface area contributed by atoms with Crippen molar-refractivity contribution < 1.29 is 20.1 Å². The van der Waals surface area contributed by atoms with Gasteiger partial charge in [0.05, 0.1) is 0 Å². The molecule has 2 fully saturated rings. The van der Waals surface area contributed by atoms with Gasteiger partial charge >= 0.3 is 0 Å². The summed E-state index contributed by atoms with van der Waals surface area (Å²) in [6.45, 7) is 0. The molecule has 0 unspecified atom stereocenters. The van der Waals surface area contributed by atoms with E-state index < -0.39 is 0 Å². The number of nitrogens with zero attached hydrogens (tertiary/aromatic N) is 2. The van der Waals surface area contributed by atoms with Gasteiger partial charge in [-0.3, -0.25) is 0 Å². The molecule has 0 saturated heterocycles. The molecule has 0 N–H and O–H groups in total. The Kier molecular flexibility index (Phi) is 8.26. The van der Waals surface area contributed by atoms with Crippen LogP contribution in [0.5, 0.6) is 0 Å². The van der Waals surface area contributed by atoms with E-state index in [1.807, 2.05) is 30.5 Å². The number of benzene rings is 2.